The van der Waals surface area contributed by atoms with Gasteiger partial charge in [0.1, 0.15) is 0 Å². The van der Waals surface area contributed by atoms with E-state index in [1.165, 1.54) is 24.5 Å². The van der Waals surface area contributed by atoms with E-state index in [1.807, 2.05) is 19.2 Å². The quantitative estimate of drug-likeness (QED) is 0.486. The van der Waals surface area contributed by atoms with Crippen LogP contribution >= 0.6 is 11.3 Å². The molecule has 2 aromatic rings. The first-order valence-corrected chi connectivity index (χ1v) is 9.71. The van der Waals surface area contributed by atoms with Gasteiger partial charge in [-0.05, 0) is 43.5 Å². The third kappa shape index (κ3) is 6.68. The summed E-state index contributed by atoms with van der Waals surface area (Å²) in [5, 5.41) is 4.34. The molecule has 0 aliphatic heterocycles. The number of thiophene rings is 1. The highest BCUT2D eigenvalue weighted by Gasteiger charge is 2.19. The molecule has 9 nitrogen and oxygen atoms in total. The van der Waals surface area contributed by atoms with Crippen molar-refractivity contribution in [1.29, 1.82) is 0 Å². The molecule has 0 saturated carbocycles. The normalized spacial score (nSPS) is 11.4. The standard InChI is InChI=1S/C19H24N4O5S/c1-11(2)28-14-7-6-12(9-15(14)27-3)18(25)23-22-17(24)10-13(21-19(20)26)16-5-4-8-29-16/h4-9,11,13H,10H2,1-3H3,(H,22,24)(H,23,25)(H3,20,21,26). The van der Waals surface area contributed by atoms with Gasteiger partial charge in [0.25, 0.3) is 5.91 Å². The number of rotatable bonds is 8. The van der Waals surface area contributed by atoms with E-state index in [-0.39, 0.29) is 18.1 Å². The Morgan fingerprint density at radius 3 is 2.48 bits per heavy atom. The van der Waals surface area contributed by atoms with E-state index < -0.39 is 23.9 Å². The molecule has 1 heterocycles. The zero-order valence-corrected chi connectivity index (χ0v) is 17.2. The van der Waals surface area contributed by atoms with Gasteiger partial charge in [0, 0.05) is 10.4 Å². The Morgan fingerprint density at radius 2 is 1.90 bits per heavy atom. The van der Waals surface area contributed by atoms with Crippen LogP contribution in [0.3, 0.4) is 0 Å². The summed E-state index contributed by atoms with van der Waals surface area (Å²) in [7, 11) is 1.47. The highest BCUT2D eigenvalue weighted by Crippen LogP contribution is 2.29. The molecule has 29 heavy (non-hydrogen) atoms. The zero-order chi connectivity index (χ0) is 21.4. The van der Waals surface area contributed by atoms with Crippen molar-refractivity contribution in [2.45, 2.75) is 32.4 Å². The fraction of sp³-hybridized carbons (Fsp3) is 0.316. The van der Waals surface area contributed by atoms with Crippen molar-refractivity contribution in [2.75, 3.05) is 7.11 Å². The second-order valence-corrected chi connectivity index (χ2v) is 7.29. The van der Waals surface area contributed by atoms with Crippen LogP contribution in [0.25, 0.3) is 0 Å². The highest BCUT2D eigenvalue weighted by molar-refractivity contribution is 7.10. The van der Waals surface area contributed by atoms with Crippen molar-refractivity contribution in [3.63, 3.8) is 0 Å². The summed E-state index contributed by atoms with van der Waals surface area (Å²) in [5.74, 6) is -0.0963. The van der Waals surface area contributed by atoms with Gasteiger partial charge in [-0.1, -0.05) is 6.07 Å². The minimum Gasteiger partial charge on any atom is -0.493 e. The number of hydrogen-bond acceptors (Lipinski definition) is 6. The molecule has 1 aromatic carbocycles. The number of methoxy groups -OCH3 is 1. The maximum atomic E-state index is 12.3. The molecule has 0 aliphatic carbocycles. The molecule has 0 aliphatic rings. The third-order valence-corrected chi connectivity index (χ3v) is 4.68. The molecule has 156 valence electrons. The molecule has 0 bridgehead atoms. The van der Waals surface area contributed by atoms with Gasteiger partial charge in [-0.2, -0.15) is 0 Å². The van der Waals surface area contributed by atoms with Gasteiger partial charge >= 0.3 is 6.03 Å². The molecule has 1 unspecified atom stereocenters. The maximum absolute atomic E-state index is 12.3. The average Bonchev–Trinajstić information content (AvgIpc) is 3.20. The van der Waals surface area contributed by atoms with Crippen LogP contribution in [0.2, 0.25) is 0 Å². The van der Waals surface area contributed by atoms with Gasteiger partial charge in [-0.25, -0.2) is 4.79 Å². The Morgan fingerprint density at radius 1 is 1.14 bits per heavy atom. The number of primary amides is 1. The van der Waals surface area contributed by atoms with Gasteiger partial charge < -0.3 is 20.5 Å². The first-order valence-electron chi connectivity index (χ1n) is 8.83. The van der Waals surface area contributed by atoms with E-state index in [1.54, 1.807) is 24.3 Å². The van der Waals surface area contributed by atoms with Crippen LogP contribution < -0.4 is 31.4 Å². The number of urea groups is 1. The number of nitrogens with one attached hydrogen (secondary N) is 3. The predicted molar refractivity (Wildman–Crippen MR) is 109 cm³/mol. The number of carbonyl (C=O) groups excluding carboxylic acids is 3. The van der Waals surface area contributed by atoms with Crippen LogP contribution in [-0.4, -0.2) is 31.1 Å². The Hall–Kier alpha value is -3.27. The van der Waals surface area contributed by atoms with Crippen LogP contribution in [0.5, 0.6) is 11.5 Å². The predicted octanol–water partition coefficient (Wildman–Crippen LogP) is 2.10. The molecule has 5 N–H and O–H groups in total. The lowest BCUT2D eigenvalue weighted by Crippen LogP contribution is -2.43. The number of hydrazine groups is 1. The summed E-state index contributed by atoms with van der Waals surface area (Å²) >= 11 is 1.38. The van der Waals surface area contributed by atoms with E-state index in [4.69, 9.17) is 15.2 Å². The van der Waals surface area contributed by atoms with E-state index in [2.05, 4.69) is 16.2 Å². The largest absolute Gasteiger partial charge is 0.493 e. The Balaban J connectivity index is 1.97. The van der Waals surface area contributed by atoms with Gasteiger partial charge in [-0.3, -0.25) is 20.4 Å². The zero-order valence-electron chi connectivity index (χ0n) is 16.4. The van der Waals surface area contributed by atoms with Crippen molar-refractivity contribution >= 4 is 29.2 Å². The molecule has 0 radical (unpaired) electrons. The number of benzene rings is 1. The molecule has 0 spiro atoms. The van der Waals surface area contributed by atoms with Crippen LogP contribution in [0, 0.1) is 0 Å². The molecular formula is C19H24N4O5S. The summed E-state index contributed by atoms with van der Waals surface area (Å²) in [4.78, 5) is 36.5. The molecule has 0 saturated heterocycles. The smallest absolute Gasteiger partial charge is 0.312 e. The first kappa shape index (κ1) is 22.0. The minimum absolute atomic E-state index is 0.0480. The summed E-state index contributed by atoms with van der Waals surface area (Å²) < 4.78 is 10.9. The van der Waals surface area contributed by atoms with Crippen molar-refractivity contribution in [1.82, 2.24) is 16.2 Å². The molecule has 1 aromatic heterocycles. The van der Waals surface area contributed by atoms with E-state index >= 15 is 0 Å². The molecule has 0 fully saturated rings. The summed E-state index contributed by atoms with van der Waals surface area (Å²) in [5.41, 5.74) is 10.1. The Bertz CT molecular complexity index is 854. The number of amides is 4. The number of carbonyl (C=O) groups is 3. The number of hydrogen-bond donors (Lipinski definition) is 4. The van der Waals surface area contributed by atoms with Crippen LogP contribution in [0.4, 0.5) is 4.79 Å². The molecule has 2 rings (SSSR count). The maximum Gasteiger partial charge on any atom is 0.312 e. The molecular weight excluding hydrogens is 396 g/mol. The lowest BCUT2D eigenvalue weighted by Gasteiger charge is -2.16. The van der Waals surface area contributed by atoms with Crippen molar-refractivity contribution < 1.29 is 23.9 Å². The topological polar surface area (TPSA) is 132 Å². The Labute approximate surface area is 172 Å². The lowest BCUT2D eigenvalue weighted by molar-refractivity contribution is -0.122. The third-order valence-electron chi connectivity index (χ3n) is 3.70. The lowest BCUT2D eigenvalue weighted by atomic mass is 10.1. The van der Waals surface area contributed by atoms with Gasteiger partial charge in [-0.15, -0.1) is 11.3 Å². The van der Waals surface area contributed by atoms with E-state index in [0.717, 1.165) is 4.88 Å². The summed E-state index contributed by atoms with van der Waals surface area (Å²) in [6.07, 6.45) is -0.137. The molecule has 1 atom stereocenters. The second kappa shape index (κ2) is 10.3. The van der Waals surface area contributed by atoms with E-state index in [9.17, 15) is 14.4 Å². The fourth-order valence-corrected chi connectivity index (χ4v) is 3.26. The number of nitrogens with two attached hydrogens (primary N) is 1. The van der Waals surface area contributed by atoms with Crippen molar-refractivity contribution in [3.05, 3.63) is 46.2 Å². The summed E-state index contributed by atoms with van der Waals surface area (Å²) in [6.45, 7) is 3.76. The van der Waals surface area contributed by atoms with Gasteiger partial charge in [0.05, 0.1) is 25.7 Å². The van der Waals surface area contributed by atoms with Gasteiger partial charge in [0.15, 0.2) is 11.5 Å². The minimum atomic E-state index is -0.740. The fourth-order valence-electron chi connectivity index (χ4n) is 2.48. The Kier molecular flexibility index (Phi) is 7.84. The number of ether oxygens (including phenoxy) is 2. The van der Waals surface area contributed by atoms with Gasteiger partial charge in [0.2, 0.25) is 5.91 Å². The highest BCUT2D eigenvalue weighted by atomic mass is 32.1. The summed E-state index contributed by atoms with van der Waals surface area (Å²) in [6, 6.07) is 6.96. The first-order chi connectivity index (χ1) is 13.8. The average molecular weight is 420 g/mol. The second-order valence-electron chi connectivity index (χ2n) is 6.32. The monoisotopic (exact) mass is 420 g/mol. The van der Waals surface area contributed by atoms with Crippen molar-refractivity contribution in [2.24, 2.45) is 5.73 Å². The van der Waals surface area contributed by atoms with Crippen LogP contribution in [0.15, 0.2) is 35.7 Å². The van der Waals surface area contributed by atoms with Crippen LogP contribution in [-0.2, 0) is 4.79 Å². The van der Waals surface area contributed by atoms with Crippen molar-refractivity contribution in [3.8, 4) is 11.5 Å². The molecule has 10 heteroatoms. The SMILES string of the molecule is COc1cc(C(=O)NNC(=O)CC(NC(N)=O)c2cccs2)ccc1OC(C)C. The van der Waals surface area contributed by atoms with Crippen LogP contribution in [0.1, 0.15) is 41.5 Å². The molecule has 4 amide bonds. The van der Waals surface area contributed by atoms with E-state index in [0.29, 0.717) is 11.5 Å².